The Kier molecular flexibility index (Phi) is 6.62. The van der Waals surface area contributed by atoms with E-state index < -0.39 is 10.0 Å². The van der Waals surface area contributed by atoms with Crippen molar-refractivity contribution in [1.29, 1.82) is 0 Å². The molecule has 0 aliphatic rings. The van der Waals surface area contributed by atoms with Gasteiger partial charge in [-0.05, 0) is 47.9 Å². The molecule has 0 aromatic heterocycles. The lowest BCUT2D eigenvalue weighted by atomic mass is 9.87. The molecule has 0 radical (unpaired) electrons. The molecule has 6 nitrogen and oxygen atoms in total. The van der Waals surface area contributed by atoms with Crippen LogP contribution >= 0.6 is 0 Å². The molecule has 7 heteroatoms. The van der Waals surface area contributed by atoms with Crippen LogP contribution in [0.3, 0.4) is 0 Å². The Morgan fingerprint density at radius 2 is 1.59 bits per heavy atom. The molecule has 0 saturated heterocycles. The van der Waals surface area contributed by atoms with Crippen molar-refractivity contribution in [3.8, 4) is 5.75 Å². The van der Waals surface area contributed by atoms with Crippen LogP contribution in [0, 0.1) is 0 Å². The Bertz CT molecular complexity index is 868. The highest BCUT2D eigenvalue weighted by Gasteiger charge is 2.13. The second-order valence-corrected chi connectivity index (χ2v) is 9.08. The molecule has 0 atom stereocenters. The fourth-order valence-electron chi connectivity index (χ4n) is 2.36. The number of benzene rings is 2. The molecule has 0 aliphatic heterocycles. The van der Waals surface area contributed by atoms with Gasteiger partial charge in [0.2, 0.25) is 10.0 Å². The summed E-state index contributed by atoms with van der Waals surface area (Å²) in [4.78, 5) is 12.1. The van der Waals surface area contributed by atoms with E-state index in [1.165, 1.54) is 24.7 Å². The number of hydrogen-bond acceptors (Lipinski definition) is 4. The van der Waals surface area contributed by atoms with E-state index in [0.29, 0.717) is 12.3 Å². The summed E-state index contributed by atoms with van der Waals surface area (Å²) in [5.41, 5.74) is 2.06. The Hall–Kier alpha value is -2.38. The third-order valence-corrected chi connectivity index (χ3v) is 5.51. The van der Waals surface area contributed by atoms with E-state index in [4.69, 9.17) is 4.74 Å². The zero-order valence-corrected chi connectivity index (χ0v) is 16.9. The average Bonchev–Trinajstić information content (AvgIpc) is 2.64. The standard InChI is InChI=1S/C20H26N2O4S/c1-20(2,3)16-7-9-17(10-8-16)26-14-19(23)22-13-15-5-11-18(12-6-15)27(24,25)21-4/h5-12,21H,13-14H2,1-4H3,(H,22,23). The first-order valence-electron chi connectivity index (χ1n) is 8.64. The van der Waals surface area contributed by atoms with Crippen LogP contribution in [0.1, 0.15) is 31.9 Å². The highest BCUT2D eigenvalue weighted by Crippen LogP contribution is 2.24. The molecule has 0 unspecified atom stereocenters. The van der Waals surface area contributed by atoms with Crippen molar-refractivity contribution < 1.29 is 17.9 Å². The zero-order chi connectivity index (χ0) is 20.1. The molecule has 0 bridgehead atoms. The minimum atomic E-state index is -3.46. The molecule has 0 fully saturated rings. The van der Waals surface area contributed by atoms with Crippen LogP contribution in [0.25, 0.3) is 0 Å². The van der Waals surface area contributed by atoms with Crippen molar-refractivity contribution in [3.63, 3.8) is 0 Å². The van der Waals surface area contributed by atoms with Gasteiger partial charge in [0.15, 0.2) is 6.61 Å². The van der Waals surface area contributed by atoms with Crippen molar-refractivity contribution in [2.75, 3.05) is 13.7 Å². The van der Waals surface area contributed by atoms with Gasteiger partial charge >= 0.3 is 0 Å². The smallest absolute Gasteiger partial charge is 0.258 e. The first-order chi connectivity index (χ1) is 12.6. The molecule has 2 aromatic rings. The van der Waals surface area contributed by atoms with E-state index in [9.17, 15) is 13.2 Å². The Morgan fingerprint density at radius 1 is 1.00 bits per heavy atom. The summed E-state index contributed by atoms with van der Waals surface area (Å²) in [7, 11) is -2.09. The van der Waals surface area contributed by atoms with Gasteiger partial charge in [0, 0.05) is 6.54 Å². The quantitative estimate of drug-likeness (QED) is 0.761. The fraction of sp³-hybridized carbons (Fsp3) is 0.350. The van der Waals surface area contributed by atoms with Crippen LogP contribution in [0.4, 0.5) is 0 Å². The second-order valence-electron chi connectivity index (χ2n) is 7.19. The van der Waals surface area contributed by atoms with Crippen LogP contribution in [-0.4, -0.2) is 28.0 Å². The average molecular weight is 391 g/mol. The lowest BCUT2D eigenvalue weighted by molar-refractivity contribution is -0.123. The minimum absolute atomic E-state index is 0.0674. The fourth-order valence-corrected chi connectivity index (χ4v) is 3.09. The van der Waals surface area contributed by atoms with E-state index >= 15 is 0 Å². The van der Waals surface area contributed by atoms with Gasteiger partial charge in [-0.1, -0.05) is 45.0 Å². The molecule has 2 aromatic carbocycles. The first kappa shape index (κ1) is 20.9. The SMILES string of the molecule is CNS(=O)(=O)c1ccc(CNC(=O)COc2ccc(C(C)(C)C)cc2)cc1. The lowest BCUT2D eigenvalue weighted by Gasteiger charge is -2.19. The molecular formula is C20H26N2O4S. The first-order valence-corrected chi connectivity index (χ1v) is 10.1. The number of sulfonamides is 1. The van der Waals surface area contributed by atoms with E-state index in [2.05, 4.69) is 30.8 Å². The van der Waals surface area contributed by atoms with Crippen molar-refractivity contribution in [2.45, 2.75) is 37.6 Å². The van der Waals surface area contributed by atoms with Gasteiger partial charge in [-0.25, -0.2) is 13.1 Å². The molecule has 146 valence electrons. The number of nitrogens with one attached hydrogen (secondary N) is 2. The minimum Gasteiger partial charge on any atom is -0.484 e. The van der Waals surface area contributed by atoms with E-state index in [0.717, 1.165) is 5.56 Å². The third kappa shape index (κ3) is 6.08. The molecule has 0 aliphatic carbocycles. The van der Waals surface area contributed by atoms with Gasteiger partial charge in [0.1, 0.15) is 5.75 Å². The van der Waals surface area contributed by atoms with Crippen molar-refractivity contribution in [2.24, 2.45) is 0 Å². The van der Waals surface area contributed by atoms with Crippen molar-refractivity contribution >= 4 is 15.9 Å². The molecular weight excluding hydrogens is 364 g/mol. The Morgan fingerprint density at radius 3 is 2.11 bits per heavy atom. The summed E-state index contributed by atoms with van der Waals surface area (Å²) in [6, 6.07) is 14.0. The highest BCUT2D eigenvalue weighted by molar-refractivity contribution is 7.89. The maximum atomic E-state index is 11.9. The van der Waals surface area contributed by atoms with Crippen molar-refractivity contribution in [1.82, 2.24) is 10.0 Å². The van der Waals surface area contributed by atoms with Gasteiger partial charge in [-0.2, -0.15) is 0 Å². The molecule has 0 saturated carbocycles. The summed E-state index contributed by atoms with van der Waals surface area (Å²) in [5, 5.41) is 2.75. The molecule has 27 heavy (non-hydrogen) atoms. The number of amides is 1. The van der Waals surface area contributed by atoms with Gasteiger partial charge in [0.05, 0.1) is 4.90 Å². The molecule has 2 N–H and O–H groups in total. The topological polar surface area (TPSA) is 84.5 Å². The summed E-state index contributed by atoms with van der Waals surface area (Å²) < 4.78 is 31.1. The van der Waals surface area contributed by atoms with Crippen molar-refractivity contribution in [3.05, 3.63) is 59.7 Å². The summed E-state index contributed by atoms with van der Waals surface area (Å²) in [5.74, 6) is 0.390. The Labute approximate surface area is 161 Å². The lowest BCUT2D eigenvalue weighted by Crippen LogP contribution is -2.28. The number of rotatable bonds is 7. The number of hydrogen-bond donors (Lipinski definition) is 2. The molecule has 0 heterocycles. The van der Waals surface area contributed by atoms with E-state index in [1.54, 1.807) is 12.1 Å². The van der Waals surface area contributed by atoms with Crippen LogP contribution in [-0.2, 0) is 26.8 Å². The van der Waals surface area contributed by atoms with Crippen LogP contribution in [0.5, 0.6) is 5.75 Å². The van der Waals surface area contributed by atoms with Gasteiger partial charge in [-0.3, -0.25) is 4.79 Å². The number of carbonyl (C=O) groups is 1. The largest absolute Gasteiger partial charge is 0.484 e. The number of ether oxygens (including phenoxy) is 1. The van der Waals surface area contributed by atoms with Crippen LogP contribution in [0.15, 0.2) is 53.4 Å². The van der Waals surface area contributed by atoms with Crippen LogP contribution < -0.4 is 14.8 Å². The summed E-state index contributed by atoms with van der Waals surface area (Å²) in [6.07, 6.45) is 0. The van der Waals surface area contributed by atoms with Crippen LogP contribution in [0.2, 0.25) is 0 Å². The normalized spacial score (nSPS) is 11.9. The third-order valence-electron chi connectivity index (χ3n) is 4.08. The van der Waals surface area contributed by atoms with E-state index in [1.807, 2.05) is 24.3 Å². The van der Waals surface area contributed by atoms with Gasteiger partial charge in [-0.15, -0.1) is 0 Å². The molecule has 2 rings (SSSR count). The predicted molar refractivity (Wildman–Crippen MR) is 105 cm³/mol. The monoisotopic (exact) mass is 390 g/mol. The molecule has 0 spiro atoms. The predicted octanol–water partition coefficient (Wildman–Crippen LogP) is 2.59. The zero-order valence-electron chi connectivity index (χ0n) is 16.1. The van der Waals surface area contributed by atoms with Gasteiger partial charge in [0.25, 0.3) is 5.91 Å². The second kappa shape index (κ2) is 8.54. The maximum absolute atomic E-state index is 11.9. The van der Waals surface area contributed by atoms with Gasteiger partial charge < -0.3 is 10.1 Å². The summed E-state index contributed by atoms with van der Waals surface area (Å²) >= 11 is 0. The summed E-state index contributed by atoms with van der Waals surface area (Å²) in [6.45, 7) is 6.62. The molecule has 1 amide bonds. The maximum Gasteiger partial charge on any atom is 0.258 e. The Balaban J connectivity index is 1.83. The number of carbonyl (C=O) groups excluding carboxylic acids is 1. The highest BCUT2D eigenvalue weighted by atomic mass is 32.2. The van der Waals surface area contributed by atoms with E-state index in [-0.39, 0.29) is 22.8 Å².